The van der Waals surface area contributed by atoms with Crippen LogP contribution in [0.4, 0.5) is 22.7 Å². The second-order valence-electron chi connectivity index (χ2n) is 8.14. The first-order valence-electron chi connectivity index (χ1n) is 11.1. The first-order chi connectivity index (χ1) is 15.7. The third kappa shape index (κ3) is 5.55. The molecule has 172 valence electrons. The van der Waals surface area contributed by atoms with Gasteiger partial charge in [-0.25, -0.2) is 4.99 Å². The largest absolute Gasteiger partial charge is 0.372 e. The highest BCUT2D eigenvalue weighted by Crippen LogP contribution is 2.27. The van der Waals surface area contributed by atoms with Gasteiger partial charge in [-0.1, -0.05) is 0 Å². The fourth-order valence-corrected chi connectivity index (χ4v) is 3.87. The number of aliphatic imine (C=N–C) groups is 1. The van der Waals surface area contributed by atoms with Crippen LogP contribution in [0.15, 0.2) is 70.8 Å². The van der Waals surface area contributed by atoms with Gasteiger partial charge in [0, 0.05) is 55.8 Å². The van der Waals surface area contributed by atoms with Crippen LogP contribution in [0.25, 0.3) is 0 Å². The minimum absolute atomic E-state index is 0.0173. The van der Waals surface area contributed by atoms with Crippen LogP contribution < -0.4 is 9.80 Å². The molecule has 33 heavy (non-hydrogen) atoms. The molecule has 0 N–H and O–H groups in total. The number of anilines is 2. The number of carbonyl (C=O) groups is 1. The Morgan fingerprint density at radius 1 is 0.970 bits per heavy atom. The molecule has 0 bridgehead atoms. The van der Waals surface area contributed by atoms with Gasteiger partial charge >= 0.3 is 0 Å². The average Bonchev–Trinajstić information content (AvgIpc) is 2.79. The molecule has 0 radical (unpaired) electrons. The topological polar surface area (TPSA) is 79.0 Å². The van der Waals surface area contributed by atoms with Crippen LogP contribution in [0.3, 0.4) is 0 Å². The lowest BCUT2D eigenvalue weighted by Gasteiger charge is -2.23. The summed E-state index contributed by atoms with van der Waals surface area (Å²) in [6.07, 6.45) is 3.64. The van der Waals surface area contributed by atoms with Crippen molar-refractivity contribution < 1.29 is 9.72 Å². The van der Waals surface area contributed by atoms with E-state index in [0.29, 0.717) is 17.7 Å². The Morgan fingerprint density at radius 2 is 1.61 bits per heavy atom. The van der Waals surface area contributed by atoms with E-state index in [4.69, 9.17) is 4.99 Å². The molecule has 0 saturated heterocycles. The molecule has 7 heteroatoms. The molecule has 0 aliphatic heterocycles. The summed E-state index contributed by atoms with van der Waals surface area (Å²) in [5.74, 6) is -0.0173. The molecule has 0 atom stereocenters. The number of likely N-dealkylation sites (N-methyl/N-ethyl adjacent to an activating group) is 1. The van der Waals surface area contributed by atoms with Crippen molar-refractivity contribution in [3.05, 3.63) is 81.4 Å². The molecule has 1 aliphatic carbocycles. The van der Waals surface area contributed by atoms with E-state index in [-0.39, 0.29) is 11.5 Å². The van der Waals surface area contributed by atoms with Crippen molar-refractivity contribution in [2.45, 2.75) is 27.7 Å². The first kappa shape index (κ1) is 23.9. The van der Waals surface area contributed by atoms with E-state index >= 15 is 0 Å². The van der Waals surface area contributed by atoms with E-state index in [1.54, 1.807) is 19.1 Å². The predicted octanol–water partition coefficient (Wildman–Crippen LogP) is 5.41. The molecular formula is C26H30N4O3. The number of rotatable bonds is 8. The summed E-state index contributed by atoms with van der Waals surface area (Å²) in [5.41, 5.74) is 5.96. The molecule has 0 fully saturated rings. The van der Waals surface area contributed by atoms with E-state index in [1.807, 2.05) is 37.1 Å². The molecule has 2 aromatic carbocycles. The van der Waals surface area contributed by atoms with Gasteiger partial charge in [0.25, 0.3) is 5.69 Å². The number of hydrogen-bond donors (Lipinski definition) is 0. The second kappa shape index (κ2) is 10.3. The number of Topliss-reactive ketones (excluding diaryl/α,β-unsaturated/α-hetero) is 1. The van der Waals surface area contributed by atoms with Crippen molar-refractivity contribution in [2.75, 3.05) is 36.5 Å². The van der Waals surface area contributed by atoms with Gasteiger partial charge in [-0.05, 0) is 81.3 Å². The molecule has 1 aliphatic rings. The van der Waals surface area contributed by atoms with Crippen molar-refractivity contribution in [3.8, 4) is 0 Å². The normalized spacial score (nSPS) is 14.7. The molecule has 0 spiro atoms. The summed E-state index contributed by atoms with van der Waals surface area (Å²) in [7, 11) is 1.86. The average molecular weight is 447 g/mol. The third-order valence-corrected chi connectivity index (χ3v) is 5.80. The fourth-order valence-electron chi connectivity index (χ4n) is 3.87. The maximum absolute atomic E-state index is 12.8. The minimum atomic E-state index is -0.426. The number of benzene rings is 2. The molecule has 0 heterocycles. The van der Waals surface area contributed by atoms with Crippen molar-refractivity contribution in [3.63, 3.8) is 0 Å². The van der Waals surface area contributed by atoms with Gasteiger partial charge < -0.3 is 9.80 Å². The lowest BCUT2D eigenvalue weighted by atomic mass is 9.96. The van der Waals surface area contributed by atoms with Crippen LogP contribution in [-0.4, -0.2) is 43.1 Å². The summed E-state index contributed by atoms with van der Waals surface area (Å²) in [6, 6.07) is 12.5. The van der Waals surface area contributed by atoms with E-state index in [2.05, 4.69) is 30.9 Å². The third-order valence-electron chi connectivity index (χ3n) is 5.80. The van der Waals surface area contributed by atoms with Gasteiger partial charge in [0.2, 0.25) is 0 Å². The molecular weight excluding hydrogens is 416 g/mol. The van der Waals surface area contributed by atoms with Crippen LogP contribution in [0.5, 0.6) is 0 Å². The van der Waals surface area contributed by atoms with Crippen LogP contribution in [-0.2, 0) is 4.79 Å². The Bertz CT molecular complexity index is 1140. The van der Waals surface area contributed by atoms with Crippen molar-refractivity contribution in [2.24, 2.45) is 4.99 Å². The fraction of sp³-hybridized carbons (Fsp3) is 0.308. The highest BCUT2D eigenvalue weighted by atomic mass is 16.6. The summed E-state index contributed by atoms with van der Waals surface area (Å²) < 4.78 is 0. The molecule has 7 nitrogen and oxygen atoms in total. The number of carbonyl (C=O) groups excluding carboxylic acids is 1. The van der Waals surface area contributed by atoms with Gasteiger partial charge in [-0.2, -0.15) is 0 Å². The lowest BCUT2D eigenvalue weighted by Crippen LogP contribution is -2.26. The quantitative estimate of drug-likeness (QED) is 0.308. The zero-order valence-corrected chi connectivity index (χ0v) is 19.8. The maximum atomic E-state index is 12.8. The Morgan fingerprint density at radius 3 is 2.18 bits per heavy atom. The minimum Gasteiger partial charge on any atom is -0.372 e. The van der Waals surface area contributed by atoms with E-state index in [9.17, 15) is 14.9 Å². The standard InChI is InChI=1S/C26H30N4O3/c1-6-29(7-2)24-12-13-25(18(3)15-24)27-21-14-19(4)26(31)20(16-21)17-28(5)22-8-10-23(11-9-22)30(32)33/h8-16H,6-7,17H2,1-5H3. The summed E-state index contributed by atoms with van der Waals surface area (Å²) in [5, 5.41) is 10.9. The second-order valence-corrected chi connectivity index (χ2v) is 8.14. The van der Waals surface area contributed by atoms with E-state index in [1.165, 1.54) is 17.8 Å². The SMILES string of the molecule is CCN(CC)c1ccc(N=C2C=C(C)C(=O)C(CN(C)c3ccc([N+](=O)[O-])cc3)=C2)c(C)c1. The number of ketones is 1. The molecule has 2 aromatic rings. The Kier molecular flexibility index (Phi) is 7.43. The smallest absolute Gasteiger partial charge is 0.269 e. The van der Waals surface area contributed by atoms with Crippen LogP contribution in [0.1, 0.15) is 26.3 Å². The predicted molar refractivity (Wildman–Crippen MR) is 135 cm³/mol. The van der Waals surface area contributed by atoms with Crippen molar-refractivity contribution in [1.82, 2.24) is 0 Å². The number of nitro benzene ring substituents is 1. The molecule has 0 aromatic heterocycles. The van der Waals surface area contributed by atoms with Crippen molar-refractivity contribution in [1.29, 1.82) is 0 Å². The number of allylic oxidation sites excluding steroid dienone is 3. The maximum Gasteiger partial charge on any atom is 0.269 e. The highest BCUT2D eigenvalue weighted by Gasteiger charge is 2.20. The van der Waals surface area contributed by atoms with Gasteiger partial charge in [-0.15, -0.1) is 0 Å². The Hall–Kier alpha value is -3.74. The Balaban J connectivity index is 1.85. The van der Waals surface area contributed by atoms with Gasteiger partial charge in [0.05, 0.1) is 16.3 Å². The van der Waals surface area contributed by atoms with Gasteiger partial charge in [0.15, 0.2) is 5.78 Å². The van der Waals surface area contributed by atoms with E-state index < -0.39 is 4.92 Å². The highest BCUT2D eigenvalue weighted by molar-refractivity contribution is 6.22. The lowest BCUT2D eigenvalue weighted by molar-refractivity contribution is -0.384. The molecule has 3 rings (SSSR count). The first-order valence-corrected chi connectivity index (χ1v) is 11.1. The van der Waals surface area contributed by atoms with Crippen LogP contribution in [0.2, 0.25) is 0 Å². The summed E-state index contributed by atoms with van der Waals surface area (Å²) >= 11 is 0. The number of hydrogen-bond acceptors (Lipinski definition) is 6. The summed E-state index contributed by atoms with van der Waals surface area (Å²) in [4.78, 5) is 32.2. The molecule has 0 unspecified atom stereocenters. The van der Waals surface area contributed by atoms with Gasteiger partial charge in [0.1, 0.15) is 0 Å². The number of aryl methyl sites for hydroxylation is 1. The summed E-state index contributed by atoms with van der Waals surface area (Å²) in [6.45, 7) is 10.4. The van der Waals surface area contributed by atoms with E-state index in [0.717, 1.165) is 35.7 Å². The van der Waals surface area contributed by atoms with Crippen LogP contribution in [0, 0.1) is 17.0 Å². The number of nitro groups is 1. The zero-order valence-electron chi connectivity index (χ0n) is 19.8. The zero-order chi connectivity index (χ0) is 24.1. The van der Waals surface area contributed by atoms with Crippen molar-refractivity contribution >= 4 is 34.2 Å². The number of non-ortho nitro benzene ring substituents is 1. The number of nitrogens with zero attached hydrogens (tertiary/aromatic N) is 4. The Labute approximate surface area is 194 Å². The molecule has 0 amide bonds. The van der Waals surface area contributed by atoms with Gasteiger partial charge in [-0.3, -0.25) is 14.9 Å². The van der Waals surface area contributed by atoms with Crippen LogP contribution >= 0.6 is 0 Å². The monoisotopic (exact) mass is 446 g/mol. The molecule has 0 saturated carbocycles.